The lowest BCUT2D eigenvalue weighted by atomic mass is 9.92. The number of hydrogen-bond acceptors (Lipinski definition) is 3. The van der Waals surface area contributed by atoms with E-state index in [1.165, 1.54) is 10.9 Å². The van der Waals surface area contributed by atoms with Gasteiger partial charge in [-0.1, -0.05) is 25.1 Å². The molecule has 2 aromatic rings. The predicted octanol–water partition coefficient (Wildman–Crippen LogP) is 2.92. The molecule has 1 aliphatic rings. The lowest BCUT2D eigenvalue weighted by molar-refractivity contribution is 0.177. The van der Waals surface area contributed by atoms with Gasteiger partial charge in [0.2, 0.25) is 0 Å². The highest BCUT2D eigenvalue weighted by molar-refractivity contribution is 5.78. The third-order valence-corrected chi connectivity index (χ3v) is 3.83. The Morgan fingerprint density at radius 1 is 1.42 bits per heavy atom. The minimum atomic E-state index is 0.351. The number of ether oxygens (including phenoxy) is 1. The summed E-state index contributed by atoms with van der Waals surface area (Å²) in [7, 11) is 0. The Labute approximate surface area is 114 Å². The summed E-state index contributed by atoms with van der Waals surface area (Å²) in [6.07, 6.45) is 3.14. The van der Waals surface area contributed by atoms with E-state index in [0.29, 0.717) is 12.0 Å². The van der Waals surface area contributed by atoms with Gasteiger partial charge in [0.1, 0.15) is 0 Å². The number of pyridine rings is 1. The summed E-state index contributed by atoms with van der Waals surface area (Å²) in [5, 5.41) is 4.80. The SMILES string of the molecule is CCNC(c1cnc2ccccc2c1)C1CCOC1. The maximum absolute atomic E-state index is 5.53. The molecule has 0 saturated carbocycles. The molecule has 0 spiro atoms. The van der Waals surface area contributed by atoms with E-state index in [0.717, 1.165) is 31.7 Å². The second-order valence-electron chi connectivity index (χ2n) is 5.12. The molecule has 3 heteroatoms. The molecule has 2 unspecified atom stereocenters. The van der Waals surface area contributed by atoms with Crippen molar-refractivity contribution in [2.24, 2.45) is 5.92 Å². The highest BCUT2D eigenvalue weighted by Gasteiger charge is 2.26. The topological polar surface area (TPSA) is 34.2 Å². The number of fused-ring (bicyclic) bond motifs is 1. The molecule has 0 radical (unpaired) electrons. The number of benzene rings is 1. The van der Waals surface area contributed by atoms with Gasteiger partial charge >= 0.3 is 0 Å². The Hall–Kier alpha value is -1.45. The molecular formula is C16H20N2O. The monoisotopic (exact) mass is 256 g/mol. The maximum Gasteiger partial charge on any atom is 0.0702 e. The molecule has 1 aromatic carbocycles. The third kappa shape index (κ3) is 2.62. The van der Waals surface area contributed by atoms with E-state index in [4.69, 9.17) is 4.74 Å². The number of hydrogen-bond donors (Lipinski definition) is 1. The minimum absolute atomic E-state index is 0.351. The van der Waals surface area contributed by atoms with Gasteiger partial charge in [0.25, 0.3) is 0 Å². The molecule has 19 heavy (non-hydrogen) atoms. The lowest BCUT2D eigenvalue weighted by Gasteiger charge is -2.23. The van der Waals surface area contributed by atoms with Crippen molar-refractivity contribution >= 4 is 10.9 Å². The molecule has 1 aliphatic heterocycles. The summed E-state index contributed by atoms with van der Waals surface area (Å²) >= 11 is 0. The predicted molar refractivity (Wildman–Crippen MR) is 77.1 cm³/mol. The van der Waals surface area contributed by atoms with Crippen molar-refractivity contribution in [1.82, 2.24) is 10.3 Å². The molecule has 0 amide bonds. The summed E-state index contributed by atoms with van der Waals surface area (Å²) < 4.78 is 5.53. The van der Waals surface area contributed by atoms with Gasteiger partial charge in [-0.05, 0) is 30.7 Å². The Bertz CT molecular complexity index is 549. The maximum atomic E-state index is 5.53. The van der Waals surface area contributed by atoms with Gasteiger partial charge in [-0.15, -0.1) is 0 Å². The van der Waals surface area contributed by atoms with Gasteiger partial charge in [0.05, 0.1) is 12.1 Å². The second kappa shape index (κ2) is 5.68. The first-order valence-electron chi connectivity index (χ1n) is 7.04. The highest BCUT2D eigenvalue weighted by atomic mass is 16.5. The molecule has 0 bridgehead atoms. The van der Waals surface area contributed by atoms with Gasteiger partial charge in [0.15, 0.2) is 0 Å². The van der Waals surface area contributed by atoms with Crippen molar-refractivity contribution in [2.45, 2.75) is 19.4 Å². The average molecular weight is 256 g/mol. The van der Waals surface area contributed by atoms with Crippen LogP contribution in [0.2, 0.25) is 0 Å². The van der Waals surface area contributed by atoms with E-state index in [2.05, 4.69) is 41.5 Å². The van der Waals surface area contributed by atoms with Gasteiger partial charge in [-0.2, -0.15) is 0 Å². The van der Waals surface area contributed by atoms with Gasteiger partial charge in [0, 0.05) is 30.1 Å². The first-order valence-corrected chi connectivity index (χ1v) is 7.04. The van der Waals surface area contributed by atoms with Crippen LogP contribution in [0.15, 0.2) is 36.5 Å². The zero-order chi connectivity index (χ0) is 13.1. The van der Waals surface area contributed by atoms with Crippen LogP contribution in [0.5, 0.6) is 0 Å². The van der Waals surface area contributed by atoms with Crippen LogP contribution in [-0.2, 0) is 4.74 Å². The van der Waals surface area contributed by atoms with E-state index in [9.17, 15) is 0 Å². The Balaban J connectivity index is 1.94. The van der Waals surface area contributed by atoms with Crippen molar-refractivity contribution in [3.63, 3.8) is 0 Å². The van der Waals surface area contributed by atoms with Crippen molar-refractivity contribution in [3.05, 3.63) is 42.1 Å². The van der Waals surface area contributed by atoms with E-state index in [1.807, 2.05) is 12.3 Å². The Kier molecular flexibility index (Phi) is 3.76. The number of aromatic nitrogens is 1. The molecule has 0 aliphatic carbocycles. The molecule has 1 N–H and O–H groups in total. The molecule has 1 fully saturated rings. The summed E-state index contributed by atoms with van der Waals surface area (Å²) in [5.41, 5.74) is 2.33. The standard InChI is InChI=1S/C16H20N2O/c1-2-17-16(13-7-8-19-11-13)14-9-12-5-3-4-6-15(12)18-10-14/h3-6,9-10,13,16-17H,2,7-8,11H2,1H3. The van der Waals surface area contributed by atoms with Crippen LogP contribution in [-0.4, -0.2) is 24.7 Å². The Morgan fingerprint density at radius 3 is 3.11 bits per heavy atom. The van der Waals surface area contributed by atoms with E-state index in [1.54, 1.807) is 0 Å². The summed E-state index contributed by atoms with van der Waals surface area (Å²) in [4.78, 5) is 4.57. The first-order chi connectivity index (χ1) is 9.38. The molecule has 1 aromatic heterocycles. The fourth-order valence-corrected chi connectivity index (χ4v) is 2.85. The van der Waals surface area contributed by atoms with Crippen LogP contribution >= 0.6 is 0 Å². The molecular weight excluding hydrogens is 236 g/mol. The average Bonchev–Trinajstić information content (AvgIpc) is 2.98. The zero-order valence-electron chi connectivity index (χ0n) is 11.3. The molecule has 3 rings (SSSR count). The van der Waals surface area contributed by atoms with E-state index < -0.39 is 0 Å². The highest BCUT2D eigenvalue weighted by Crippen LogP contribution is 2.29. The summed E-state index contributed by atoms with van der Waals surface area (Å²) in [6.45, 7) is 4.85. The van der Waals surface area contributed by atoms with Crippen LogP contribution in [0.3, 0.4) is 0 Å². The summed E-state index contributed by atoms with van der Waals surface area (Å²) in [5.74, 6) is 0.558. The summed E-state index contributed by atoms with van der Waals surface area (Å²) in [6, 6.07) is 10.9. The van der Waals surface area contributed by atoms with Gasteiger partial charge in [-0.25, -0.2) is 0 Å². The largest absolute Gasteiger partial charge is 0.381 e. The number of nitrogens with zero attached hydrogens (tertiary/aromatic N) is 1. The number of nitrogens with one attached hydrogen (secondary N) is 1. The Morgan fingerprint density at radius 2 is 2.32 bits per heavy atom. The third-order valence-electron chi connectivity index (χ3n) is 3.83. The molecule has 1 saturated heterocycles. The van der Waals surface area contributed by atoms with E-state index >= 15 is 0 Å². The zero-order valence-corrected chi connectivity index (χ0v) is 11.3. The van der Waals surface area contributed by atoms with Crippen molar-refractivity contribution in [2.75, 3.05) is 19.8 Å². The van der Waals surface area contributed by atoms with Crippen LogP contribution in [0.25, 0.3) is 10.9 Å². The van der Waals surface area contributed by atoms with Crippen molar-refractivity contribution in [1.29, 1.82) is 0 Å². The number of para-hydroxylation sites is 1. The van der Waals surface area contributed by atoms with Gasteiger partial charge < -0.3 is 10.1 Å². The smallest absolute Gasteiger partial charge is 0.0702 e. The minimum Gasteiger partial charge on any atom is -0.381 e. The van der Waals surface area contributed by atoms with E-state index in [-0.39, 0.29) is 0 Å². The van der Waals surface area contributed by atoms with Crippen LogP contribution < -0.4 is 5.32 Å². The van der Waals surface area contributed by atoms with Crippen molar-refractivity contribution < 1.29 is 4.74 Å². The molecule has 2 heterocycles. The quantitative estimate of drug-likeness (QED) is 0.913. The van der Waals surface area contributed by atoms with Crippen LogP contribution in [0.1, 0.15) is 24.9 Å². The molecule has 3 nitrogen and oxygen atoms in total. The first kappa shape index (κ1) is 12.6. The number of rotatable bonds is 4. The second-order valence-corrected chi connectivity index (χ2v) is 5.12. The van der Waals surface area contributed by atoms with Crippen LogP contribution in [0, 0.1) is 5.92 Å². The van der Waals surface area contributed by atoms with Crippen LogP contribution in [0.4, 0.5) is 0 Å². The molecule has 100 valence electrons. The fourth-order valence-electron chi connectivity index (χ4n) is 2.85. The normalized spacial score (nSPS) is 20.8. The fraction of sp³-hybridized carbons (Fsp3) is 0.438. The molecule has 2 atom stereocenters. The van der Waals surface area contributed by atoms with Crippen molar-refractivity contribution in [3.8, 4) is 0 Å². The lowest BCUT2D eigenvalue weighted by Crippen LogP contribution is -2.28. The van der Waals surface area contributed by atoms with Gasteiger partial charge in [-0.3, -0.25) is 4.98 Å².